The van der Waals surface area contributed by atoms with Crippen LogP contribution in [0.3, 0.4) is 0 Å². The summed E-state index contributed by atoms with van der Waals surface area (Å²) in [5.74, 6) is -0.328. The lowest BCUT2D eigenvalue weighted by Gasteiger charge is -2.00. The molecule has 0 radical (unpaired) electrons. The van der Waals surface area contributed by atoms with Gasteiger partial charge in [0.15, 0.2) is 0 Å². The Morgan fingerprint density at radius 2 is 2.17 bits per heavy atom. The first-order valence-corrected chi connectivity index (χ1v) is 8.32. The molecule has 0 aliphatic rings. The van der Waals surface area contributed by atoms with Gasteiger partial charge in [0.2, 0.25) is 0 Å². The van der Waals surface area contributed by atoms with Gasteiger partial charge in [-0.25, -0.2) is 4.79 Å². The van der Waals surface area contributed by atoms with Gasteiger partial charge in [-0.1, -0.05) is 29.8 Å². The van der Waals surface area contributed by atoms with Gasteiger partial charge >= 0.3 is 5.97 Å². The molecule has 0 bridgehead atoms. The number of aryl methyl sites for hydroxylation is 1. The minimum absolute atomic E-state index is 0.328. The molecule has 118 valence electrons. The zero-order valence-electron chi connectivity index (χ0n) is 13.2. The highest BCUT2D eigenvalue weighted by atomic mass is 32.1. The van der Waals surface area contributed by atoms with Crippen LogP contribution in [0.1, 0.15) is 27.7 Å². The molecule has 3 rings (SSSR count). The smallest absolute Gasteiger partial charge is 0.341 e. The largest absolute Gasteiger partial charge is 0.462 e. The third-order valence-electron chi connectivity index (χ3n) is 3.43. The maximum atomic E-state index is 11.7. The Hall–Kier alpha value is -2.40. The van der Waals surface area contributed by atoms with Crippen molar-refractivity contribution in [1.82, 2.24) is 9.78 Å². The maximum Gasteiger partial charge on any atom is 0.341 e. The number of benzene rings is 1. The summed E-state index contributed by atoms with van der Waals surface area (Å²) in [6.07, 6.45) is 3.27. The zero-order chi connectivity index (χ0) is 16.2. The number of thiophene rings is 1. The molecule has 0 unspecified atom stereocenters. The molecule has 0 saturated heterocycles. The number of hydrogen-bond donors (Lipinski definition) is 0. The molecule has 0 spiro atoms. The fourth-order valence-corrected chi connectivity index (χ4v) is 3.34. The average Bonchev–Trinajstić information content (AvgIpc) is 3.17. The number of aromatic nitrogens is 2. The Labute approximate surface area is 139 Å². The molecular weight excluding hydrogens is 308 g/mol. The van der Waals surface area contributed by atoms with Crippen LogP contribution < -0.4 is 0 Å². The minimum Gasteiger partial charge on any atom is -0.462 e. The Balaban J connectivity index is 1.73. The summed E-state index contributed by atoms with van der Waals surface area (Å²) in [5.41, 5.74) is 2.97. The Kier molecular flexibility index (Phi) is 4.57. The lowest BCUT2D eigenvalue weighted by molar-refractivity contribution is 0.0526. The van der Waals surface area contributed by atoms with Crippen LogP contribution in [0, 0.1) is 6.92 Å². The number of carbonyl (C=O) groups is 1. The Morgan fingerprint density at radius 3 is 2.96 bits per heavy atom. The predicted octanol–water partition coefficient (Wildman–Crippen LogP) is 4.15. The zero-order valence-corrected chi connectivity index (χ0v) is 14.0. The number of nitrogens with zero attached hydrogens (tertiary/aromatic N) is 2. The third-order valence-corrected chi connectivity index (χ3v) is 4.55. The van der Waals surface area contributed by atoms with Crippen molar-refractivity contribution < 1.29 is 9.53 Å². The van der Waals surface area contributed by atoms with Crippen LogP contribution in [0.15, 0.2) is 48.8 Å². The summed E-state index contributed by atoms with van der Waals surface area (Å²) in [4.78, 5) is 14.1. The van der Waals surface area contributed by atoms with E-state index in [2.05, 4.69) is 48.4 Å². The van der Waals surface area contributed by atoms with Gasteiger partial charge in [-0.05, 0) is 31.5 Å². The lowest BCUT2D eigenvalue weighted by Crippen LogP contribution is -2.03. The van der Waals surface area contributed by atoms with E-state index in [1.165, 1.54) is 20.9 Å². The van der Waals surface area contributed by atoms with Gasteiger partial charge in [-0.2, -0.15) is 5.10 Å². The summed E-state index contributed by atoms with van der Waals surface area (Å²) >= 11 is 1.74. The van der Waals surface area contributed by atoms with E-state index in [4.69, 9.17) is 4.74 Å². The number of rotatable bonds is 5. The normalized spacial score (nSPS) is 10.7. The Morgan fingerprint density at radius 1 is 1.30 bits per heavy atom. The predicted molar refractivity (Wildman–Crippen MR) is 91.8 cm³/mol. The maximum absolute atomic E-state index is 11.7. The molecule has 0 saturated carbocycles. The second kappa shape index (κ2) is 6.79. The van der Waals surface area contributed by atoms with E-state index in [-0.39, 0.29) is 5.97 Å². The van der Waals surface area contributed by atoms with Crippen molar-refractivity contribution in [3.63, 3.8) is 0 Å². The van der Waals surface area contributed by atoms with Crippen LogP contribution in [0.5, 0.6) is 0 Å². The lowest BCUT2D eigenvalue weighted by atomic mass is 10.1. The van der Waals surface area contributed by atoms with Crippen LogP contribution in [-0.2, 0) is 11.3 Å². The van der Waals surface area contributed by atoms with E-state index >= 15 is 0 Å². The van der Waals surface area contributed by atoms with E-state index in [0.29, 0.717) is 18.7 Å². The molecule has 5 heteroatoms. The molecule has 0 amide bonds. The van der Waals surface area contributed by atoms with Crippen molar-refractivity contribution in [2.75, 3.05) is 6.61 Å². The molecule has 1 aromatic carbocycles. The molecule has 0 N–H and O–H groups in total. The minimum atomic E-state index is -0.328. The molecule has 4 nitrogen and oxygen atoms in total. The van der Waals surface area contributed by atoms with Gasteiger partial charge in [0.1, 0.15) is 0 Å². The summed E-state index contributed by atoms with van der Waals surface area (Å²) in [6, 6.07) is 12.7. The van der Waals surface area contributed by atoms with E-state index in [9.17, 15) is 4.79 Å². The fraction of sp³-hybridized carbons (Fsp3) is 0.222. The third kappa shape index (κ3) is 3.68. The first kappa shape index (κ1) is 15.5. The fourth-order valence-electron chi connectivity index (χ4n) is 2.35. The van der Waals surface area contributed by atoms with Crippen molar-refractivity contribution in [2.45, 2.75) is 20.4 Å². The first-order chi connectivity index (χ1) is 11.2. The van der Waals surface area contributed by atoms with Gasteiger partial charge in [0.05, 0.1) is 24.9 Å². The SMILES string of the molecule is CCOC(=O)c1cnn(Cc2ccc(-c3cccc(C)c3)s2)c1. The van der Waals surface area contributed by atoms with E-state index in [0.717, 1.165) is 0 Å². The van der Waals surface area contributed by atoms with Gasteiger partial charge in [-0.3, -0.25) is 4.68 Å². The monoisotopic (exact) mass is 326 g/mol. The van der Waals surface area contributed by atoms with Crippen molar-refractivity contribution in [3.05, 3.63) is 64.8 Å². The van der Waals surface area contributed by atoms with Gasteiger partial charge in [-0.15, -0.1) is 11.3 Å². The number of hydrogen-bond acceptors (Lipinski definition) is 4. The summed E-state index contributed by atoms with van der Waals surface area (Å²) in [5, 5.41) is 4.23. The standard InChI is InChI=1S/C18H18N2O2S/c1-3-22-18(21)15-10-19-20(11-15)12-16-7-8-17(23-16)14-6-4-5-13(2)9-14/h4-11H,3,12H2,1-2H3. The van der Waals surface area contributed by atoms with E-state index in [1.54, 1.807) is 35.3 Å². The quantitative estimate of drug-likeness (QED) is 0.662. The molecule has 2 aromatic heterocycles. The number of esters is 1. The van der Waals surface area contributed by atoms with Gasteiger partial charge in [0.25, 0.3) is 0 Å². The summed E-state index contributed by atoms with van der Waals surface area (Å²) < 4.78 is 6.74. The molecule has 2 heterocycles. The van der Waals surface area contributed by atoms with Crippen LogP contribution in [0.25, 0.3) is 10.4 Å². The number of ether oxygens (including phenoxy) is 1. The van der Waals surface area contributed by atoms with Crippen molar-refractivity contribution in [1.29, 1.82) is 0 Å². The number of carbonyl (C=O) groups excluding carboxylic acids is 1. The molecule has 0 aliphatic heterocycles. The molecular formula is C18H18N2O2S. The second-order valence-corrected chi connectivity index (χ2v) is 6.45. The topological polar surface area (TPSA) is 44.1 Å². The van der Waals surface area contributed by atoms with Crippen LogP contribution >= 0.6 is 11.3 Å². The highest BCUT2D eigenvalue weighted by Crippen LogP contribution is 2.29. The van der Waals surface area contributed by atoms with Crippen molar-refractivity contribution >= 4 is 17.3 Å². The molecule has 0 fully saturated rings. The highest BCUT2D eigenvalue weighted by Gasteiger charge is 2.10. The van der Waals surface area contributed by atoms with Crippen molar-refractivity contribution in [2.24, 2.45) is 0 Å². The average molecular weight is 326 g/mol. The van der Waals surface area contributed by atoms with Gasteiger partial charge in [0, 0.05) is 16.0 Å². The van der Waals surface area contributed by atoms with Crippen molar-refractivity contribution in [3.8, 4) is 10.4 Å². The van der Waals surface area contributed by atoms with E-state index in [1.807, 2.05) is 0 Å². The summed E-state index contributed by atoms with van der Waals surface area (Å²) in [7, 11) is 0. The first-order valence-electron chi connectivity index (χ1n) is 7.51. The molecule has 0 aliphatic carbocycles. The molecule has 23 heavy (non-hydrogen) atoms. The second-order valence-electron chi connectivity index (χ2n) is 5.28. The summed E-state index contributed by atoms with van der Waals surface area (Å²) in [6.45, 7) is 4.91. The Bertz CT molecular complexity index is 820. The molecule has 3 aromatic rings. The van der Waals surface area contributed by atoms with E-state index < -0.39 is 0 Å². The van der Waals surface area contributed by atoms with Gasteiger partial charge < -0.3 is 4.74 Å². The van der Waals surface area contributed by atoms with Crippen LogP contribution in [0.4, 0.5) is 0 Å². The molecule has 0 atom stereocenters. The van der Waals surface area contributed by atoms with Crippen LogP contribution in [0.2, 0.25) is 0 Å². The highest BCUT2D eigenvalue weighted by molar-refractivity contribution is 7.15. The van der Waals surface area contributed by atoms with Crippen LogP contribution in [-0.4, -0.2) is 22.4 Å².